The molecular formula is C21H18Cl2N4O2S. The van der Waals surface area contributed by atoms with Gasteiger partial charge < -0.3 is 15.1 Å². The maximum atomic E-state index is 12.7. The van der Waals surface area contributed by atoms with Crippen LogP contribution in [0.25, 0.3) is 0 Å². The lowest BCUT2D eigenvalue weighted by molar-refractivity contribution is 0.0746. The van der Waals surface area contributed by atoms with Crippen molar-refractivity contribution < 1.29 is 9.59 Å². The summed E-state index contributed by atoms with van der Waals surface area (Å²) in [5.41, 5.74) is 1.10. The minimum Gasteiger partial charge on any atom is -0.353 e. The van der Waals surface area contributed by atoms with Gasteiger partial charge in [0.15, 0.2) is 0 Å². The van der Waals surface area contributed by atoms with Crippen LogP contribution in [0.5, 0.6) is 0 Å². The Hall–Kier alpha value is -2.61. The number of amides is 2. The van der Waals surface area contributed by atoms with Gasteiger partial charge in [0.05, 0.1) is 27.3 Å². The van der Waals surface area contributed by atoms with Gasteiger partial charge in [-0.1, -0.05) is 29.3 Å². The minimum absolute atomic E-state index is 0.101. The predicted molar refractivity (Wildman–Crippen MR) is 121 cm³/mol. The number of nitrogens with zero attached hydrogens (tertiary/aromatic N) is 3. The standard InChI is InChI=1S/C21H18Cl2N4O2S/c22-14-3-5-16(17(23)12-14)21(29)27-9-7-26(8-10-27)19-6-4-15(13-24-19)25-20(28)18-2-1-11-30-18/h1-6,11-13H,7-10H2,(H,25,28). The summed E-state index contributed by atoms with van der Waals surface area (Å²) in [5, 5.41) is 5.56. The van der Waals surface area contributed by atoms with Gasteiger partial charge >= 0.3 is 0 Å². The fourth-order valence-electron chi connectivity index (χ4n) is 3.22. The third-order valence-electron chi connectivity index (χ3n) is 4.80. The van der Waals surface area contributed by atoms with E-state index >= 15 is 0 Å². The molecule has 3 aromatic rings. The smallest absolute Gasteiger partial charge is 0.265 e. The van der Waals surface area contributed by atoms with Crippen LogP contribution >= 0.6 is 34.5 Å². The summed E-state index contributed by atoms with van der Waals surface area (Å²) in [6, 6.07) is 12.2. The largest absolute Gasteiger partial charge is 0.353 e. The third kappa shape index (κ3) is 4.59. The van der Waals surface area contributed by atoms with Crippen molar-refractivity contribution in [1.29, 1.82) is 0 Å². The number of halogens is 2. The number of rotatable bonds is 4. The molecule has 0 radical (unpaired) electrons. The molecule has 6 nitrogen and oxygen atoms in total. The van der Waals surface area contributed by atoms with Crippen LogP contribution in [0.4, 0.5) is 11.5 Å². The van der Waals surface area contributed by atoms with Crippen molar-refractivity contribution in [2.75, 3.05) is 36.4 Å². The first-order valence-corrected chi connectivity index (χ1v) is 10.9. The van der Waals surface area contributed by atoms with Crippen molar-refractivity contribution in [1.82, 2.24) is 9.88 Å². The molecule has 1 saturated heterocycles. The minimum atomic E-state index is -0.146. The molecule has 0 unspecified atom stereocenters. The number of thiophene rings is 1. The Labute approximate surface area is 188 Å². The second kappa shape index (κ2) is 9.04. The van der Waals surface area contributed by atoms with Crippen LogP contribution in [0.3, 0.4) is 0 Å². The maximum Gasteiger partial charge on any atom is 0.265 e. The van der Waals surface area contributed by atoms with E-state index in [2.05, 4.69) is 15.2 Å². The molecule has 9 heteroatoms. The second-order valence-electron chi connectivity index (χ2n) is 6.74. The van der Waals surface area contributed by atoms with Crippen LogP contribution in [0.15, 0.2) is 54.0 Å². The maximum absolute atomic E-state index is 12.7. The van der Waals surface area contributed by atoms with Gasteiger partial charge in [0, 0.05) is 31.2 Å². The number of nitrogens with one attached hydrogen (secondary N) is 1. The fourth-order valence-corrected chi connectivity index (χ4v) is 4.33. The number of carbonyl (C=O) groups is 2. The van der Waals surface area contributed by atoms with Crippen molar-refractivity contribution >= 4 is 57.9 Å². The van der Waals surface area contributed by atoms with E-state index in [-0.39, 0.29) is 11.8 Å². The number of hydrogen-bond donors (Lipinski definition) is 1. The SMILES string of the molecule is O=C(Nc1ccc(N2CCN(C(=O)c3ccc(Cl)cc3Cl)CC2)nc1)c1cccs1. The molecule has 0 saturated carbocycles. The van der Waals surface area contributed by atoms with E-state index in [1.165, 1.54) is 11.3 Å². The molecule has 4 rings (SSSR count). The van der Waals surface area contributed by atoms with Gasteiger partial charge in [-0.3, -0.25) is 9.59 Å². The van der Waals surface area contributed by atoms with Crippen LogP contribution in [-0.2, 0) is 0 Å². The zero-order valence-electron chi connectivity index (χ0n) is 15.8. The van der Waals surface area contributed by atoms with Crippen molar-refractivity contribution in [3.05, 3.63) is 74.5 Å². The number of pyridine rings is 1. The number of benzene rings is 1. The van der Waals surface area contributed by atoms with Gasteiger partial charge in [-0.25, -0.2) is 4.98 Å². The third-order valence-corrected chi connectivity index (χ3v) is 6.22. The molecular weight excluding hydrogens is 443 g/mol. The Kier molecular flexibility index (Phi) is 6.22. The molecule has 1 aromatic carbocycles. The highest BCUT2D eigenvalue weighted by molar-refractivity contribution is 7.12. The summed E-state index contributed by atoms with van der Waals surface area (Å²) in [7, 11) is 0. The molecule has 1 fully saturated rings. The Morgan fingerprint density at radius 2 is 1.83 bits per heavy atom. The molecule has 0 atom stereocenters. The van der Waals surface area contributed by atoms with Crippen LogP contribution in [0.1, 0.15) is 20.0 Å². The average Bonchev–Trinajstić information content (AvgIpc) is 3.29. The summed E-state index contributed by atoms with van der Waals surface area (Å²) in [6.45, 7) is 2.45. The highest BCUT2D eigenvalue weighted by Crippen LogP contribution is 2.24. The molecule has 154 valence electrons. The summed E-state index contributed by atoms with van der Waals surface area (Å²) < 4.78 is 0. The average molecular weight is 461 g/mol. The molecule has 1 aliphatic heterocycles. The van der Waals surface area contributed by atoms with Gasteiger partial charge in [-0.05, 0) is 41.8 Å². The number of piperazine rings is 1. The van der Waals surface area contributed by atoms with E-state index in [1.807, 2.05) is 23.6 Å². The lowest BCUT2D eigenvalue weighted by Gasteiger charge is -2.35. The van der Waals surface area contributed by atoms with Crippen LogP contribution in [-0.4, -0.2) is 47.9 Å². The van der Waals surface area contributed by atoms with E-state index in [1.54, 1.807) is 35.4 Å². The molecule has 0 spiro atoms. The molecule has 1 aliphatic rings. The first-order valence-electron chi connectivity index (χ1n) is 9.31. The first-order chi connectivity index (χ1) is 14.5. The second-order valence-corrected chi connectivity index (χ2v) is 8.53. The zero-order chi connectivity index (χ0) is 21.1. The molecule has 3 heterocycles. The monoisotopic (exact) mass is 460 g/mol. The van der Waals surface area contributed by atoms with Crippen LogP contribution in [0, 0.1) is 0 Å². The van der Waals surface area contributed by atoms with Gasteiger partial charge in [0.1, 0.15) is 5.82 Å². The van der Waals surface area contributed by atoms with Crippen LogP contribution < -0.4 is 10.2 Å². The Morgan fingerprint density at radius 1 is 1.03 bits per heavy atom. The highest BCUT2D eigenvalue weighted by Gasteiger charge is 2.24. The van der Waals surface area contributed by atoms with Crippen molar-refractivity contribution in [3.63, 3.8) is 0 Å². The lowest BCUT2D eigenvalue weighted by atomic mass is 10.1. The number of anilines is 2. The van der Waals surface area contributed by atoms with Gasteiger partial charge in [0.25, 0.3) is 11.8 Å². The van der Waals surface area contributed by atoms with E-state index < -0.39 is 0 Å². The predicted octanol–water partition coefficient (Wildman–Crippen LogP) is 4.66. The van der Waals surface area contributed by atoms with E-state index in [9.17, 15) is 9.59 Å². The molecule has 1 N–H and O–H groups in total. The quantitative estimate of drug-likeness (QED) is 0.614. The topological polar surface area (TPSA) is 65.5 Å². The van der Waals surface area contributed by atoms with E-state index in [0.717, 1.165) is 5.82 Å². The van der Waals surface area contributed by atoms with Crippen molar-refractivity contribution in [2.24, 2.45) is 0 Å². The van der Waals surface area contributed by atoms with E-state index in [0.29, 0.717) is 52.4 Å². The number of aromatic nitrogens is 1. The Morgan fingerprint density at radius 3 is 2.47 bits per heavy atom. The zero-order valence-corrected chi connectivity index (χ0v) is 18.2. The van der Waals surface area contributed by atoms with E-state index in [4.69, 9.17) is 23.2 Å². The molecule has 2 amide bonds. The normalized spacial score (nSPS) is 13.9. The van der Waals surface area contributed by atoms with Crippen LogP contribution in [0.2, 0.25) is 10.0 Å². The first kappa shape index (κ1) is 20.7. The Bertz CT molecular complexity index is 1050. The number of carbonyl (C=O) groups excluding carboxylic acids is 2. The molecule has 0 aliphatic carbocycles. The molecule has 0 bridgehead atoms. The highest BCUT2D eigenvalue weighted by atomic mass is 35.5. The summed E-state index contributed by atoms with van der Waals surface area (Å²) in [5.74, 6) is 0.559. The fraction of sp³-hybridized carbons (Fsp3) is 0.190. The molecule has 2 aromatic heterocycles. The van der Waals surface area contributed by atoms with Gasteiger partial charge in [-0.15, -0.1) is 11.3 Å². The number of hydrogen-bond acceptors (Lipinski definition) is 5. The van der Waals surface area contributed by atoms with Crippen molar-refractivity contribution in [3.8, 4) is 0 Å². The summed E-state index contributed by atoms with van der Waals surface area (Å²) in [6.07, 6.45) is 1.64. The summed E-state index contributed by atoms with van der Waals surface area (Å²) in [4.78, 5) is 33.9. The lowest BCUT2D eigenvalue weighted by Crippen LogP contribution is -2.49. The Balaban J connectivity index is 1.34. The van der Waals surface area contributed by atoms with Gasteiger partial charge in [0.2, 0.25) is 0 Å². The van der Waals surface area contributed by atoms with Crippen molar-refractivity contribution in [2.45, 2.75) is 0 Å². The summed E-state index contributed by atoms with van der Waals surface area (Å²) >= 11 is 13.5. The van der Waals surface area contributed by atoms with Gasteiger partial charge in [-0.2, -0.15) is 0 Å². The molecule has 30 heavy (non-hydrogen) atoms.